The van der Waals surface area contributed by atoms with E-state index in [9.17, 15) is 9.18 Å². The second-order valence-electron chi connectivity index (χ2n) is 6.68. The summed E-state index contributed by atoms with van der Waals surface area (Å²) in [4.78, 5) is 12.2. The highest BCUT2D eigenvalue weighted by atomic mass is 79.9. The van der Waals surface area contributed by atoms with Gasteiger partial charge in [0.1, 0.15) is 12.4 Å². The monoisotopic (exact) mass is 529 g/mol. The Kier molecular flexibility index (Phi) is 8.41. The number of hydrazone groups is 1. The first-order valence-electron chi connectivity index (χ1n) is 9.78. The standard InChI is InChI=1S/C24H18BrClFN3O3/c1-2-32-22-11-17(9-20(25)23(22)33-14-15-3-6-18(26)7-4-15)13-29-30-24(31)19-8-5-16(12-28)10-21(19)27/h3-11,13H,2,14H2,1H3,(H,30,31)/b29-13-. The van der Waals surface area contributed by atoms with Crippen LogP contribution >= 0.6 is 27.5 Å². The summed E-state index contributed by atoms with van der Waals surface area (Å²) >= 11 is 9.40. The van der Waals surface area contributed by atoms with Crippen LogP contribution in [-0.2, 0) is 6.61 Å². The van der Waals surface area contributed by atoms with Gasteiger partial charge in [-0.1, -0.05) is 23.7 Å². The van der Waals surface area contributed by atoms with E-state index < -0.39 is 11.7 Å². The maximum atomic E-state index is 14.0. The van der Waals surface area contributed by atoms with Gasteiger partial charge < -0.3 is 9.47 Å². The van der Waals surface area contributed by atoms with Gasteiger partial charge in [0.15, 0.2) is 11.5 Å². The average molecular weight is 531 g/mol. The smallest absolute Gasteiger partial charge is 0.274 e. The number of nitrogens with zero attached hydrogens (tertiary/aromatic N) is 2. The molecule has 0 bridgehead atoms. The van der Waals surface area contributed by atoms with Gasteiger partial charge in [-0.3, -0.25) is 4.79 Å². The summed E-state index contributed by atoms with van der Waals surface area (Å²) < 4.78 is 26.3. The molecule has 3 rings (SSSR count). The average Bonchev–Trinajstić information content (AvgIpc) is 2.79. The lowest BCUT2D eigenvalue weighted by Gasteiger charge is -2.14. The lowest BCUT2D eigenvalue weighted by molar-refractivity contribution is 0.0951. The summed E-state index contributed by atoms with van der Waals surface area (Å²) in [7, 11) is 0. The molecule has 0 fully saturated rings. The minimum atomic E-state index is -0.801. The first-order chi connectivity index (χ1) is 15.9. The highest BCUT2D eigenvalue weighted by Gasteiger charge is 2.14. The van der Waals surface area contributed by atoms with E-state index in [1.54, 1.807) is 24.3 Å². The van der Waals surface area contributed by atoms with Crippen LogP contribution in [0.15, 0.2) is 64.2 Å². The van der Waals surface area contributed by atoms with Crippen molar-refractivity contribution in [2.75, 3.05) is 6.61 Å². The fourth-order valence-electron chi connectivity index (χ4n) is 2.80. The molecule has 0 aliphatic heterocycles. The number of carbonyl (C=O) groups excluding carboxylic acids is 1. The van der Waals surface area contributed by atoms with Gasteiger partial charge in [-0.15, -0.1) is 0 Å². The van der Waals surface area contributed by atoms with Crippen LogP contribution in [0.3, 0.4) is 0 Å². The van der Waals surface area contributed by atoms with Gasteiger partial charge in [0.2, 0.25) is 0 Å². The molecular formula is C24H18BrClFN3O3. The Morgan fingerprint density at radius 3 is 2.64 bits per heavy atom. The minimum Gasteiger partial charge on any atom is -0.490 e. The van der Waals surface area contributed by atoms with Crippen molar-refractivity contribution in [2.24, 2.45) is 5.10 Å². The molecule has 0 aliphatic carbocycles. The van der Waals surface area contributed by atoms with Crippen LogP contribution in [0.2, 0.25) is 5.02 Å². The SMILES string of the molecule is CCOc1cc(/C=N\NC(=O)c2ccc(C#N)cc2F)cc(Br)c1OCc1ccc(Cl)cc1. The molecule has 1 amide bonds. The van der Waals surface area contributed by atoms with E-state index in [0.717, 1.165) is 11.6 Å². The van der Waals surface area contributed by atoms with Gasteiger partial charge in [0.25, 0.3) is 5.91 Å². The summed E-state index contributed by atoms with van der Waals surface area (Å²) in [5.41, 5.74) is 3.74. The molecule has 0 aromatic heterocycles. The predicted octanol–water partition coefficient (Wildman–Crippen LogP) is 5.85. The summed E-state index contributed by atoms with van der Waals surface area (Å²) in [6, 6.07) is 16.2. The molecule has 0 atom stereocenters. The molecule has 168 valence electrons. The zero-order chi connectivity index (χ0) is 23.8. The molecule has 0 heterocycles. The van der Waals surface area contributed by atoms with Crippen molar-refractivity contribution in [3.63, 3.8) is 0 Å². The summed E-state index contributed by atoms with van der Waals surface area (Å²) in [6.45, 7) is 2.58. The van der Waals surface area contributed by atoms with Gasteiger partial charge in [-0.05, 0) is 76.4 Å². The topological polar surface area (TPSA) is 83.7 Å². The Morgan fingerprint density at radius 1 is 1.21 bits per heavy atom. The van der Waals surface area contributed by atoms with Gasteiger partial charge >= 0.3 is 0 Å². The minimum absolute atomic E-state index is 0.124. The third-order valence-corrected chi connectivity index (χ3v) is 5.19. The fraction of sp³-hybridized carbons (Fsp3) is 0.125. The fourth-order valence-corrected chi connectivity index (χ4v) is 3.50. The second-order valence-corrected chi connectivity index (χ2v) is 7.97. The lowest BCUT2D eigenvalue weighted by atomic mass is 10.1. The van der Waals surface area contributed by atoms with Gasteiger partial charge in [0, 0.05) is 5.02 Å². The highest BCUT2D eigenvalue weighted by molar-refractivity contribution is 9.10. The van der Waals surface area contributed by atoms with Crippen LogP contribution < -0.4 is 14.9 Å². The normalized spacial score (nSPS) is 10.6. The van der Waals surface area contributed by atoms with Gasteiger partial charge in [-0.25, -0.2) is 9.82 Å². The third-order valence-electron chi connectivity index (χ3n) is 4.35. The summed E-state index contributed by atoms with van der Waals surface area (Å²) in [5.74, 6) is -0.523. The molecular weight excluding hydrogens is 513 g/mol. The summed E-state index contributed by atoms with van der Waals surface area (Å²) in [5, 5.41) is 13.3. The number of halogens is 3. The van der Waals surface area contributed by atoms with Crippen LogP contribution in [-0.4, -0.2) is 18.7 Å². The Hall–Kier alpha value is -3.41. The van der Waals surface area contributed by atoms with Crippen molar-refractivity contribution in [3.8, 4) is 17.6 Å². The number of ether oxygens (including phenoxy) is 2. The molecule has 3 aromatic carbocycles. The van der Waals surface area contributed by atoms with Crippen molar-refractivity contribution in [1.29, 1.82) is 5.26 Å². The lowest BCUT2D eigenvalue weighted by Crippen LogP contribution is -2.19. The Balaban J connectivity index is 1.72. The van der Waals surface area contributed by atoms with Crippen molar-refractivity contribution in [2.45, 2.75) is 13.5 Å². The summed E-state index contributed by atoms with van der Waals surface area (Å²) in [6.07, 6.45) is 1.40. The van der Waals surface area contributed by atoms with Crippen LogP contribution in [0.1, 0.15) is 34.0 Å². The van der Waals surface area contributed by atoms with E-state index in [0.29, 0.717) is 39.8 Å². The van der Waals surface area contributed by atoms with Crippen LogP contribution in [0.5, 0.6) is 11.5 Å². The van der Waals surface area contributed by atoms with E-state index in [1.807, 2.05) is 25.1 Å². The van der Waals surface area contributed by atoms with E-state index in [2.05, 4.69) is 26.5 Å². The van der Waals surface area contributed by atoms with Crippen molar-refractivity contribution >= 4 is 39.7 Å². The van der Waals surface area contributed by atoms with Crippen LogP contribution in [0.4, 0.5) is 4.39 Å². The molecule has 0 unspecified atom stereocenters. The molecule has 1 N–H and O–H groups in total. The van der Waals surface area contributed by atoms with Crippen molar-refractivity contribution < 1.29 is 18.7 Å². The first-order valence-corrected chi connectivity index (χ1v) is 10.9. The number of nitrogens with one attached hydrogen (secondary N) is 1. The second kappa shape index (κ2) is 11.5. The van der Waals surface area contributed by atoms with E-state index in [4.69, 9.17) is 26.3 Å². The molecule has 0 spiro atoms. The number of benzene rings is 3. The maximum Gasteiger partial charge on any atom is 0.274 e. The molecule has 0 aliphatic rings. The maximum absolute atomic E-state index is 14.0. The third kappa shape index (κ3) is 6.54. The number of carbonyl (C=O) groups is 1. The highest BCUT2D eigenvalue weighted by Crippen LogP contribution is 2.37. The molecule has 0 radical (unpaired) electrons. The number of amides is 1. The quantitative estimate of drug-likeness (QED) is 0.292. The van der Waals surface area contributed by atoms with E-state index in [1.165, 1.54) is 18.3 Å². The number of nitriles is 1. The number of hydrogen-bond donors (Lipinski definition) is 1. The Labute approximate surface area is 203 Å². The Bertz CT molecular complexity index is 1230. The zero-order valence-corrected chi connectivity index (χ0v) is 19.8. The molecule has 3 aromatic rings. The number of hydrogen-bond acceptors (Lipinski definition) is 5. The van der Waals surface area contributed by atoms with Crippen LogP contribution in [0.25, 0.3) is 0 Å². The van der Waals surface area contributed by atoms with E-state index in [-0.39, 0.29) is 11.1 Å². The molecule has 6 nitrogen and oxygen atoms in total. The molecule has 0 saturated heterocycles. The molecule has 0 saturated carbocycles. The van der Waals surface area contributed by atoms with Crippen LogP contribution in [0, 0.1) is 17.1 Å². The van der Waals surface area contributed by atoms with Crippen molar-refractivity contribution in [1.82, 2.24) is 5.43 Å². The Morgan fingerprint density at radius 2 is 1.97 bits per heavy atom. The largest absolute Gasteiger partial charge is 0.490 e. The molecule has 33 heavy (non-hydrogen) atoms. The predicted molar refractivity (Wildman–Crippen MR) is 127 cm³/mol. The number of rotatable bonds is 8. The van der Waals surface area contributed by atoms with E-state index >= 15 is 0 Å². The zero-order valence-electron chi connectivity index (χ0n) is 17.4. The molecule has 9 heteroatoms. The van der Waals surface area contributed by atoms with Crippen molar-refractivity contribution in [3.05, 3.63) is 92.2 Å². The van der Waals surface area contributed by atoms with Gasteiger partial charge in [-0.2, -0.15) is 10.4 Å². The first kappa shape index (κ1) is 24.2. The van der Waals surface area contributed by atoms with Gasteiger partial charge in [0.05, 0.1) is 34.5 Å².